The Bertz CT molecular complexity index is 657. The van der Waals surface area contributed by atoms with Crippen LogP contribution in [0.2, 0.25) is 0 Å². The number of pyridine rings is 1. The Labute approximate surface area is 118 Å². The van der Waals surface area contributed by atoms with Crippen molar-refractivity contribution in [2.75, 3.05) is 0 Å². The van der Waals surface area contributed by atoms with Gasteiger partial charge in [0.15, 0.2) is 10.8 Å². The van der Waals surface area contributed by atoms with Crippen LogP contribution >= 0.6 is 11.8 Å². The highest BCUT2D eigenvalue weighted by Gasteiger charge is 2.18. The number of rotatable bonds is 5. The molecule has 0 bridgehead atoms. The van der Waals surface area contributed by atoms with Gasteiger partial charge in [-0.1, -0.05) is 0 Å². The quantitative estimate of drug-likeness (QED) is 0.612. The van der Waals surface area contributed by atoms with Gasteiger partial charge >= 0.3 is 5.69 Å². The monoisotopic (exact) mass is 293 g/mol. The molecule has 0 amide bonds. The second-order valence-corrected chi connectivity index (χ2v) is 4.94. The minimum absolute atomic E-state index is 0.0460. The molecule has 1 unspecified atom stereocenters. The molecule has 0 saturated heterocycles. The summed E-state index contributed by atoms with van der Waals surface area (Å²) >= 11 is 0.985. The van der Waals surface area contributed by atoms with Gasteiger partial charge < -0.3 is 0 Å². The number of carbonyl (C=O) groups excluding carboxylic acids is 1. The van der Waals surface area contributed by atoms with Gasteiger partial charge in [-0.05, 0) is 31.7 Å². The number of hydrogen-bond acceptors (Lipinski definition) is 7. The van der Waals surface area contributed by atoms with Crippen molar-refractivity contribution in [2.24, 2.45) is 0 Å². The summed E-state index contributed by atoms with van der Waals surface area (Å²) in [5.74, 6) is -0.0460. The van der Waals surface area contributed by atoms with E-state index in [9.17, 15) is 14.9 Å². The molecule has 2 aromatic heterocycles. The van der Waals surface area contributed by atoms with Crippen molar-refractivity contribution in [3.63, 3.8) is 0 Å². The highest BCUT2D eigenvalue weighted by Crippen LogP contribution is 2.30. The normalized spacial score (nSPS) is 12.1. The first-order valence-corrected chi connectivity index (χ1v) is 6.49. The maximum Gasteiger partial charge on any atom is 0.301 e. The molecule has 0 saturated carbocycles. The first kappa shape index (κ1) is 14.1. The summed E-state index contributed by atoms with van der Waals surface area (Å²) in [5.41, 5.74) is -0.103. The Morgan fingerprint density at radius 2 is 2.25 bits per heavy atom. The average Bonchev–Trinajstić information content (AvgIpc) is 2.86. The Morgan fingerprint density at radius 3 is 2.90 bits per heavy atom. The topological polar surface area (TPSA) is 104 Å². The van der Waals surface area contributed by atoms with E-state index in [4.69, 9.17) is 0 Å². The summed E-state index contributed by atoms with van der Waals surface area (Å²) in [5, 5.41) is 15.5. The number of hydrogen-bond donors (Lipinski definition) is 0. The minimum atomic E-state index is -0.509. The number of ketones is 1. The maximum atomic E-state index is 11.3. The first-order chi connectivity index (χ1) is 9.49. The lowest BCUT2D eigenvalue weighted by molar-refractivity contribution is -0.388. The molecule has 8 nitrogen and oxygen atoms in total. The van der Waals surface area contributed by atoms with Crippen molar-refractivity contribution in [3.05, 3.63) is 34.8 Å². The summed E-state index contributed by atoms with van der Waals surface area (Å²) in [7, 11) is 0. The molecule has 9 heteroatoms. The van der Waals surface area contributed by atoms with Crippen LogP contribution in [0.3, 0.4) is 0 Å². The molecular formula is C11H11N5O3S. The summed E-state index contributed by atoms with van der Waals surface area (Å²) in [4.78, 5) is 29.6. The number of nitrogens with zero attached hydrogens (tertiary/aromatic N) is 5. The molecule has 20 heavy (non-hydrogen) atoms. The number of carbonyl (C=O) groups is 1. The zero-order valence-corrected chi connectivity index (χ0v) is 11.6. The fourth-order valence-electron chi connectivity index (χ4n) is 1.36. The van der Waals surface area contributed by atoms with Crippen LogP contribution in [0.15, 0.2) is 34.8 Å². The van der Waals surface area contributed by atoms with Gasteiger partial charge in [0.05, 0.1) is 4.92 Å². The number of Topliss-reactive ketones (excluding diaryl/α,β-unsaturated/α-hetero) is 1. The van der Waals surface area contributed by atoms with E-state index in [-0.39, 0.29) is 16.5 Å². The Hall–Kier alpha value is -2.29. The van der Waals surface area contributed by atoms with Crippen LogP contribution in [0.5, 0.6) is 0 Å². The van der Waals surface area contributed by atoms with Crippen molar-refractivity contribution >= 4 is 23.2 Å². The van der Waals surface area contributed by atoms with E-state index >= 15 is 0 Å². The van der Waals surface area contributed by atoms with Gasteiger partial charge in [0.2, 0.25) is 5.16 Å². The first-order valence-electron chi connectivity index (χ1n) is 5.68. The third-order valence-electron chi connectivity index (χ3n) is 2.61. The summed E-state index contributed by atoms with van der Waals surface area (Å²) in [6, 6.07) is 2.44. The van der Waals surface area contributed by atoms with Crippen molar-refractivity contribution in [2.45, 2.75) is 30.1 Å². The van der Waals surface area contributed by atoms with E-state index in [1.54, 1.807) is 6.92 Å². The van der Waals surface area contributed by atoms with Gasteiger partial charge in [-0.2, -0.15) is 0 Å². The zero-order chi connectivity index (χ0) is 14.7. The zero-order valence-electron chi connectivity index (χ0n) is 10.8. The fraction of sp³-hybridized carbons (Fsp3) is 0.273. The lowest BCUT2D eigenvalue weighted by Gasteiger charge is -2.05. The molecule has 0 aliphatic carbocycles. The van der Waals surface area contributed by atoms with Gasteiger partial charge in [0.1, 0.15) is 12.4 Å². The third kappa shape index (κ3) is 2.99. The molecule has 0 aromatic carbocycles. The average molecular weight is 293 g/mol. The largest absolute Gasteiger partial charge is 0.301 e. The molecular weight excluding hydrogens is 282 g/mol. The van der Waals surface area contributed by atoms with E-state index in [2.05, 4.69) is 15.1 Å². The van der Waals surface area contributed by atoms with E-state index in [1.807, 2.05) is 0 Å². The molecule has 0 aliphatic heterocycles. The van der Waals surface area contributed by atoms with Crippen LogP contribution < -0.4 is 0 Å². The van der Waals surface area contributed by atoms with E-state index in [0.717, 1.165) is 11.8 Å². The third-order valence-corrected chi connectivity index (χ3v) is 3.49. The molecule has 0 radical (unpaired) electrons. The molecule has 0 aliphatic rings. The number of aromatic nitrogens is 4. The summed E-state index contributed by atoms with van der Waals surface area (Å²) in [6.07, 6.45) is 2.88. The molecule has 0 spiro atoms. The molecule has 2 aromatic rings. The van der Waals surface area contributed by atoms with Gasteiger partial charge in [0, 0.05) is 12.3 Å². The summed E-state index contributed by atoms with van der Waals surface area (Å²) in [6.45, 7) is 3.16. The molecule has 2 rings (SSSR count). The number of nitro groups is 1. The van der Waals surface area contributed by atoms with E-state index < -0.39 is 11.0 Å². The summed E-state index contributed by atoms with van der Waals surface area (Å²) < 4.78 is 1.42. The van der Waals surface area contributed by atoms with Gasteiger partial charge in [0.25, 0.3) is 0 Å². The van der Waals surface area contributed by atoms with Crippen molar-refractivity contribution in [3.8, 4) is 0 Å². The fourth-order valence-corrected chi connectivity index (χ4v) is 2.13. The van der Waals surface area contributed by atoms with E-state index in [1.165, 1.54) is 36.3 Å². The maximum absolute atomic E-state index is 11.3. The van der Waals surface area contributed by atoms with E-state index in [0.29, 0.717) is 5.16 Å². The molecule has 2 heterocycles. The minimum Gasteiger partial charge on any atom is -0.298 e. The highest BCUT2D eigenvalue weighted by molar-refractivity contribution is 7.99. The van der Waals surface area contributed by atoms with Crippen molar-refractivity contribution in [1.82, 2.24) is 19.7 Å². The van der Waals surface area contributed by atoms with Crippen LogP contribution in [-0.2, 0) is 4.79 Å². The van der Waals surface area contributed by atoms with Crippen molar-refractivity contribution in [1.29, 1.82) is 0 Å². The molecule has 0 fully saturated rings. The second kappa shape index (κ2) is 5.78. The van der Waals surface area contributed by atoms with Crippen LogP contribution in [0.25, 0.3) is 0 Å². The van der Waals surface area contributed by atoms with Crippen LogP contribution in [0, 0.1) is 10.1 Å². The highest BCUT2D eigenvalue weighted by atomic mass is 32.2. The smallest absolute Gasteiger partial charge is 0.298 e. The van der Waals surface area contributed by atoms with Crippen molar-refractivity contribution < 1.29 is 9.72 Å². The molecule has 104 valence electrons. The molecule has 0 N–H and O–H groups in total. The van der Waals surface area contributed by atoms with Gasteiger partial charge in [-0.25, -0.2) is 14.6 Å². The van der Waals surface area contributed by atoms with Crippen LogP contribution in [0.1, 0.15) is 19.9 Å². The SMILES string of the molecule is CC(=O)C(C)n1cnc(Sc2ncccc2[N+](=O)[O-])n1. The Kier molecular flexibility index (Phi) is 4.08. The van der Waals surface area contributed by atoms with Gasteiger partial charge in [-0.15, -0.1) is 5.10 Å². The Morgan fingerprint density at radius 1 is 1.50 bits per heavy atom. The lowest BCUT2D eigenvalue weighted by atomic mass is 10.2. The Balaban J connectivity index is 2.23. The predicted molar refractivity (Wildman–Crippen MR) is 70.4 cm³/mol. The lowest BCUT2D eigenvalue weighted by Crippen LogP contribution is -2.13. The van der Waals surface area contributed by atoms with Crippen LogP contribution in [0.4, 0.5) is 5.69 Å². The van der Waals surface area contributed by atoms with Gasteiger partial charge in [-0.3, -0.25) is 14.9 Å². The second-order valence-electron chi connectivity index (χ2n) is 3.98. The van der Waals surface area contributed by atoms with Crippen LogP contribution in [-0.4, -0.2) is 30.5 Å². The standard InChI is InChI=1S/C11H11N5O3S/c1-7(8(2)17)15-6-13-11(14-15)20-10-9(16(18)19)4-3-5-12-10/h3-7H,1-2H3. The predicted octanol–water partition coefficient (Wildman–Crippen LogP) is 1.88. The molecule has 1 atom stereocenters.